The van der Waals surface area contributed by atoms with Crippen LogP contribution < -0.4 is 15.5 Å². The minimum absolute atomic E-state index is 0. The minimum atomic E-state index is -0.0584. The smallest absolute Gasteiger partial charge is 0.253 e. The van der Waals surface area contributed by atoms with Gasteiger partial charge in [-0.3, -0.25) is 4.79 Å². The molecule has 1 saturated heterocycles. The van der Waals surface area contributed by atoms with Crippen LogP contribution in [0, 0.1) is 0 Å². The Morgan fingerprint density at radius 1 is 1.19 bits per heavy atom. The van der Waals surface area contributed by atoms with Gasteiger partial charge in [0.1, 0.15) is 5.82 Å². The first kappa shape index (κ1) is 22.2. The number of hydrogen-bond donors (Lipinski definition) is 2. The van der Waals surface area contributed by atoms with Crippen LogP contribution in [0.3, 0.4) is 0 Å². The molecule has 2 heterocycles. The standard InChI is InChI=1S/C19H24N4O.2ClH/c1-14-17(9-6-12-20-14)22-19(24)15-10-11-18(21-13-15)23(2)16-7-4-3-5-8-16;;/h3-5,7-8,10-11,13-14,17,20H,6,9,12H2,1-2H3,(H,22,24);2*1H. The van der Waals surface area contributed by atoms with Gasteiger partial charge in [-0.1, -0.05) is 18.2 Å². The lowest BCUT2D eigenvalue weighted by atomic mass is 9.99. The zero-order valence-electron chi connectivity index (χ0n) is 15.0. The zero-order chi connectivity index (χ0) is 16.9. The van der Waals surface area contributed by atoms with Crippen molar-refractivity contribution >= 4 is 42.2 Å². The van der Waals surface area contributed by atoms with Gasteiger partial charge in [-0.05, 0) is 50.6 Å². The molecule has 1 aliphatic rings. The largest absolute Gasteiger partial charge is 0.348 e. The molecular weight excluding hydrogens is 371 g/mol. The topological polar surface area (TPSA) is 57.3 Å². The summed E-state index contributed by atoms with van der Waals surface area (Å²) in [4.78, 5) is 18.8. The molecule has 0 radical (unpaired) electrons. The summed E-state index contributed by atoms with van der Waals surface area (Å²) < 4.78 is 0. The zero-order valence-corrected chi connectivity index (χ0v) is 16.6. The molecule has 1 aromatic carbocycles. The van der Waals surface area contributed by atoms with Crippen molar-refractivity contribution in [3.05, 3.63) is 54.2 Å². The van der Waals surface area contributed by atoms with Crippen molar-refractivity contribution in [2.75, 3.05) is 18.5 Å². The van der Waals surface area contributed by atoms with Crippen LogP contribution in [0.5, 0.6) is 0 Å². The minimum Gasteiger partial charge on any atom is -0.348 e. The van der Waals surface area contributed by atoms with Gasteiger partial charge in [0.15, 0.2) is 0 Å². The maximum atomic E-state index is 12.4. The van der Waals surface area contributed by atoms with E-state index in [1.165, 1.54) is 0 Å². The second-order valence-corrected chi connectivity index (χ2v) is 6.26. The third-order valence-corrected chi connectivity index (χ3v) is 4.58. The molecule has 142 valence electrons. The lowest BCUT2D eigenvalue weighted by Crippen LogP contribution is -2.51. The SMILES string of the molecule is CC1NCCCC1NC(=O)c1ccc(N(C)c2ccccc2)nc1.Cl.Cl. The molecule has 1 fully saturated rings. The van der Waals surface area contributed by atoms with Gasteiger partial charge in [-0.2, -0.15) is 0 Å². The number of nitrogens with zero attached hydrogens (tertiary/aromatic N) is 2. The van der Waals surface area contributed by atoms with E-state index in [4.69, 9.17) is 0 Å². The van der Waals surface area contributed by atoms with Crippen molar-refractivity contribution in [2.24, 2.45) is 0 Å². The molecular formula is C19H26Cl2N4O. The summed E-state index contributed by atoms with van der Waals surface area (Å²) in [5, 5.41) is 6.50. The normalized spacial score (nSPS) is 18.8. The van der Waals surface area contributed by atoms with Crippen molar-refractivity contribution in [3.8, 4) is 0 Å². The highest BCUT2D eigenvalue weighted by Gasteiger charge is 2.23. The number of pyridine rings is 1. The Morgan fingerprint density at radius 3 is 2.54 bits per heavy atom. The molecule has 0 aliphatic carbocycles. The van der Waals surface area contributed by atoms with Crippen LogP contribution >= 0.6 is 24.8 Å². The Kier molecular flexibility index (Phi) is 8.85. The maximum absolute atomic E-state index is 12.4. The van der Waals surface area contributed by atoms with Crippen LogP contribution in [0.1, 0.15) is 30.1 Å². The molecule has 2 unspecified atom stereocenters. The molecule has 2 atom stereocenters. The molecule has 1 amide bonds. The van der Waals surface area contributed by atoms with Crippen molar-refractivity contribution in [1.29, 1.82) is 0 Å². The Bertz CT molecular complexity index is 682. The number of benzene rings is 1. The molecule has 0 bridgehead atoms. The van der Waals surface area contributed by atoms with E-state index >= 15 is 0 Å². The molecule has 5 nitrogen and oxygen atoms in total. The number of anilines is 2. The van der Waals surface area contributed by atoms with Crippen LogP contribution in [0.4, 0.5) is 11.5 Å². The van der Waals surface area contributed by atoms with E-state index in [9.17, 15) is 4.79 Å². The van der Waals surface area contributed by atoms with Crippen LogP contribution in [0.15, 0.2) is 48.7 Å². The number of rotatable bonds is 4. The molecule has 0 saturated carbocycles. The summed E-state index contributed by atoms with van der Waals surface area (Å²) in [5.74, 6) is 0.752. The van der Waals surface area contributed by atoms with Gasteiger partial charge in [0.05, 0.1) is 5.56 Å². The van der Waals surface area contributed by atoms with Gasteiger partial charge in [0.2, 0.25) is 0 Å². The summed E-state index contributed by atoms with van der Waals surface area (Å²) in [7, 11) is 1.97. The molecule has 2 aromatic rings. The fourth-order valence-electron chi connectivity index (χ4n) is 3.00. The number of aromatic nitrogens is 1. The highest BCUT2D eigenvalue weighted by Crippen LogP contribution is 2.21. The van der Waals surface area contributed by atoms with E-state index in [2.05, 4.69) is 22.5 Å². The maximum Gasteiger partial charge on any atom is 0.253 e. The number of carbonyl (C=O) groups excluding carboxylic acids is 1. The number of amides is 1. The molecule has 1 aromatic heterocycles. The van der Waals surface area contributed by atoms with E-state index in [1.807, 2.05) is 54.4 Å². The number of para-hydroxylation sites is 1. The van der Waals surface area contributed by atoms with E-state index in [0.717, 1.165) is 30.9 Å². The lowest BCUT2D eigenvalue weighted by Gasteiger charge is -2.30. The van der Waals surface area contributed by atoms with E-state index < -0.39 is 0 Å². The Morgan fingerprint density at radius 2 is 1.92 bits per heavy atom. The van der Waals surface area contributed by atoms with Gasteiger partial charge in [0.25, 0.3) is 5.91 Å². The summed E-state index contributed by atoms with van der Waals surface area (Å²) in [6, 6.07) is 14.2. The van der Waals surface area contributed by atoms with Gasteiger partial charge in [-0.25, -0.2) is 4.98 Å². The monoisotopic (exact) mass is 396 g/mol. The molecule has 2 N–H and O–H groups in total. The van der Waals surface area contributed by atoms with Crippen molar-refractivity contribution in [1.82, 2.24) is 15.6 Å². The predicted octanol–water partition coefficient (Wildman–Crippen LogP) is 3.56. The summed E-state index contributed by atoms with van der Waals surface area (Å²) in [6.07, 6.45) is 3.75. The number of nitrogens with one attached hydrogen (secondary N) is 2. The third kappa shape index (κ3) is 5.34. The third-order valence-electron chi connectivity index (χ3n) is 4.58. The van der Waals surface area contributed by atoms with Gasteiger partial charge >= 0.3 is 0 Å². The second-order valence-electron chi connectivity index (χ2n) is 6.26. The van der Waals surface area contributed by atoms with Crippen molar-refractivity contribution in [2.45, 2.75) is 31.8 Å². The second kappa shape index (κ2) is 10.4. The van der Waals surface area contributed by atoms with Gasteiger partial charge in [-0.15, -0.1) is 24.8 Å². The molecule has 7 heteroatoms. The summed E-state index contributed by atoms with van der Waals surface area (Å²) >= 11 is 0. The summed E-state index contributed by atoms with van der Waals surface area (Å²) in [5.41, 5.74) is 1.65. The van der Waals surface area contributed by atoms with E-state index in [-0.39, 0.29) is 36.8 Å². The fourth-order valence-corrected chi connectivity index (χ4v) is 3.00. The van der Waals surface area contributed by atoms with Gasteiger partial charge in [0, 0.05) is 31.0 Å². The first-order chi connectivity index (χ1) is 11.6. The van der Waals surface area contributed by atoms with Gasteiger partial charge < -0.3 is 15.5 Å². The quantitative estimate of drug-likeness (QED) is 0.829. The highest BCUT2D eigenvalue weighted by atomic mass is 35.5. The number of piperidine rings is 1. The first-order valence-electron chi connectivity index (χ1n) is 8.44. The molecule has 26 heavy (non-hydrogen) atoms. The Labute approximate surface area is 167 Å². The fraction of sp³-hybridized carbons (Fsp3) is 0.368. The van der Waals surface area contributed by atoms with Crippen molar-refractivity contribution < 1.29 is 4.79 Å². The van der Waals surface area contributed by atoms with Crippen LogP contribution in [-0.2, 0) is 0 Å². The van der Waals surface area contributed by atoms with Crippen LogP contribution in [-0.4, -0.2) is 36.6 Å². The predicted molar refractivity (Wildman–Crippen MR) is 111 cm³/mol. The first-order valence-corrected chi connectivity index (χ1v) is 8.44. The number of halogens is 2. The molecule has 3 rings (SSSR count). The Balaban J connectivity index is 0.00000169. The average molecular weight is 397 g/mol. The average Bonchev–Trinajstić information content (AvgIpc) is 2.64. The lowest BCUT2D eigenvalue weighted by molar-refractivity contribution is 0.0919. The highest BCUT2D eigenvalue weighted by molar-refractivity contribution is 5.94. The van der Waals surface area contributed by atoms with Crippen LogP contribution in [0.25, 0.3) is 0 Å². The molecule has 0 spiro atoms. The number of carbonyl (C=O) groups is 1. The van der Waals surface area contributed by atoms with E-state index in [0.29, 0.717) is 11.6 Å². The van der Waals surface area contributed by atoms with E-state index in [1.54, 1.807) is 6.20 Å². The number of hydrogen-bond acceptors (Lipinski definition) is 4. The Hall–Kier alpha value is -1.82. The molecule has 1 aliphatic heterocycles. The van der Waals surface area contributed by atoms with Crippen molar-refractivity contribution in [3.63, 3.8) is 0 Å². The summed E-state index contributed by atoms with van der Waals surface area (Å²) in [6.45, 7) is 3.13. The van der Waals surface area contributed by atoms with Crippen LogP contribution in [0.2, 0.25) is 0 Å².